The van der Waals surface area contributed by atoms with Crippen molar-refractivity contribution in [2.75, 3.05) is 18.0 Å². The molecule has 2 rings (SSSR count). The van der Waals surface area contributed by atoms with E-state index in [-0.39, 0.29) is 5.91 Å². The summed E-state index contributed by atoms with van der Waals surface area (Å²) < 4.78 is 1.000. The summed E-state index contributed by atoms with van der Waals surface area (Å²) in [7, 11) is 0. The molecular weight excluding hydrogens is 390 g/mol. The maximum absolute atomic E-state index is 11.9. The average molecular weight is 416 g/mol. The Morgan fingerprint density at radius 1 is 1.04 bits per heavy atom. The molecule has 0 saturated heterocycles. The maximum Gasteiger partial charge on any atom is 0.244 e. The molecule has 2 aromatic rings. The minimum atomic E-state index is -0.128. The van der Waals surface area contributed by atoms with Gasteiger partial charge >= 0.3 is 0 Å². The van der Waals surface area contributed by atoms with E-state index in [0.717, 1.165) is 41.5 Å². The van der Waals surface area contributed by atoms with Gasteiger partial charge in [0.25, 0.3) is 0 Å². The molecule has 0 aliphatic rings. The van der Waals surface area contributed by atoms with Crippen LogP contribution in [0.25, 0.3) is 0 Å². The van der Waals surface area contributed by atoms with Gasteiger partial charge in [-0.15, -0.1) is 0 Å². The van der Waals surface area contributed by atoms with Gasteiger partial charge in [-0.25, -0.2) is 5.43 Å². The summed E-state index contributed by atoms with van der Waals surface area (Å²) in [4.78, 5) is 14.3. The molecule has 0 saturated carbocycles. The van der Waals surface area contributed by atoms with Gasteiger partial charge in [0.1, 0.15) is 0 Å². The minimum absolute atomic E-state index is 0.128. The van der Waals surface area contributed by atoms with Crippen LogP contribution in [0.1, 0.15) is 37.8 Å². The summed E-state index contributed by atoms with van der Waals surface area (Å²) in [5, 5.41) is 4.06. The highest BCUT2D eigenvalue weighted by molar-refractivity contribution is 9.10. The molecule has 5 heteroatoms. The number of rotatable bonds is 9. The van der Waals surface area contributed by atoms with E-state index in [1.54, 1.807) is 6.21 Å². The van der Waals surface area contributed by atoms with E-state index < -0.39 is 0 Å². The maximum atomic E-state index is 11.9. The molecule has 0 unspecified atom stereocenters. The smallest absolute Gasteiger partial charge is 0.244 e. The number of hydrogen-bond donors (Lipinski definition) is 1. The van der Waals surface area contributed by atoms with Crippen molar-refractivity contribution < 1.29 is 4.79 Å². The Bertz CT molecular complexity index is 705. The van der Waals surface area contributed by atoms with Gasteiger partial charge in [-0.3, -0.25) is 4.79 Å². The number of amides is 1. The number of carbonyl (C=O) groups is 1. The van der Waals surface area contributed by atoms with Crippen molar-refractivity contribution >= 4 is 33.7 Å². The molecule has 0 aliphatic carbocycles. The van der Waals surface area contributed by atoms with Gasteiger partial charge in [-0.2, -0.15) is 5.10 Å². The van der Waals surface area contributed by atoms with Crippen molar-refractivity contribution in [1.29, 1.82) is 0 Å². The Hall–Kier alpha value is -2.14. The third-order valence-corrected chi connectivity index (χ3v) is 4.45. The van der Waals surface area contributed by atoms with E-state index in [4.69, 9.17) is 0 Å². The third kappa shape index (κ3) is 6.64. The van der Waals surface area contributed by atoms with Gasteiger partial charge < -0.3 is 4.90 Å². The van der Waals surface area contributed by atoms with Gasteiger partial charge in [0.15, 0.2) is 0 Å². The molecule has 0 radical (unpaired) electrons. The number of hydrogen-bond acceptors (Lipinski definition) is 3. The van der Waals surface area contributed by atoms with Crippen LogP contribution in [0.2, 0.25) is 0 Å². The lowest BCUT2D eigenvalue weighted by molar-refractivity contribution is -0.120. The molecule has 0 atom stereocenters. The first-order valence-electron chi connectivity index (χ1n) is 9.03. The van der Waals surface area contributed by atoms with Crippen LogP contribution in [-0.2, 0) is 11.2 Å². The number of benzene rings is 2. The lowest BCUT2D eigenvalue weighted by Crippen LogP contribution is -2.24. The topological polar surface area (TPSA) is 44.7 Å². The lowest BCUT2D eigenvalue weighted by atomic mass is 10.1. The molecule has 0 aromatic heterocycles. The number of anilines is 1. The van der Waals surface area contributed by atoms with Crippen molar-refractivity contribution in [3.63, 3.8) is 0 Å². The fraction of sp³-hybridized carbons (Fsp3) is 0.333. The van der Waals surface area contributed by atoms with E-state index in [9.17, 15) is 4.79 Å². The highest BCUT2D eigenvalue weighted by atomic mass is 79.9. The Balaban J connectivity index is 1.87. The molecule has 1 N–H and O–H groups in total. The van der Waals surface area contributed by atoms with Gasteiger partial charge in [-0.05, 0) is 48.2 Å². The first kappa shape index (κ1) is 20.2. The predicted molar refractivity (Wildman–Crippen MR) is 113 cm³/mol. The van der Waals surface area contributed by atoms with E-state index in [1.165, 1.54) is 5.69 Å². The van der Waals surface area contributed by atoms with Crippen LogP contribution < -0.4 is 10.3 Å². The van der Waals surface area contributed by atoms with Crippen LogP contribution >= 0.6 is 15.9 Å². The van der Waals surface area contributed by atoms with E-state index in [2.05, 4.69) is 57.3 Å². The van der Waals surface area contributed by atoms with Crippen LogP contribution in [0.4, 0.5) is 5.69 Å². The van der Waals surface area contributed by atoms with Crippen molar-refractivity contribution in [1.82, 2.24) is 5.43 Å². The summed E-state index contributed by atoms with van der Waals surface area (Å²) in [6.07, 6.45) is 4.25. The van der Waals surface area contributed by atoms with Crippen LogP contribution in [0.5, 0.6) is 0 Å². The second-order valence-electron chi connectivity index (χ2n) is 6.18. The highest BCUT2D eigenvalue weighted by Gasteiger charge is 2.04. The van der Waals surface area contributed by atoms with E-state index in [1.807, 2.05) is 36.4 Å². The Morgan fingerprint density at radius 3 is 2.23 bits per heavy atom. The van der Waals surface area contributed by atoms with Gasteiger partial charge in [0, 0.05) is 23.2 Å². The molecule has 0 bridgehead atoms. The lowest BCUT2D eigenvalue weighted by Gasteiger charge is -2.23. The first-order valence-corrected chi connectivity index (χ1v) is 9.83. The van der Waals surface area contributed by atoms with Crippen molar-refractivity contribution in [2.45, 2.75) is 33.1 Å². The molecule has 0 heterocycles. The Morgan fingerprint density at radius 2 is 1.65 bits per heavy atom. The van der Waals surface area contributed by atoms with E-state index >= 15 is 0 Å². The van der Waals surface area contributed by atoms with Gasteiger partial charge in [0.2, 0.25) is 5.91 Å². The second-order valence-corrected chi connectivity index (χ2v) is 7.09. The molecule has 0 aliphatic heterocycles. The summed E-state index contributed by atoms with van der Waals surface area (Å²) in [6.45, 7) is 6.52. The SMILES string of the molecule is CCCN(CCC)c1ccc(C=NNC(=O)Cc2ccc(Br)cc2)cc1. The zero-order valence-corrected chi connectivity index (χ0v) is 17.0. The normalized spacial score (nSPS) is 10.9. The van der Waals surface area contributed by atoms with Crippen LogP contribution in [0.3, 0.4) is 0 Å². The van der Waals surface area contributed by atoms with Crippen molar-refractivity contribution in [3.05, 3.63) is 64.1 Å². The molecule has 0 fully saturated rings. The summed E-state index contributed by atoms with van der Waals surface area (Å²) in [6, 6.07) is 16.0. The molecular formula is C21H26BrN3O. The summed E-state index contributed by atoms with van der Waals surface area (Å²) >= 11 is 3.38. The molecule has 1 amide bonds. The molecule has 0 spiro atoms. The minimum Gasteiger partial charge on any atom is -0.372 e. The number of carbonyl (C=O) groups excluding carboxylic acids is 1. The van der Waals surface area contributed by atoms with Gasteiger partial charge in [-0.1, -0.05) is 54.0 Å². The first-order chi connectivity index (χ1) is 12.6. The monoisotopic (exact) mass is 415 g/mol. The summed E-state index contributed by atoms with van der Waals surface area (Å²) in [5.74, 6) is -0.128. The molecule has 2 aromatic carbocycles. The molecule has 26 heavy (non-hydrogen) atoms. The fourth-order valence-electron chi connectivity index (χ4n) is 2.69. The Kier molecular flexibility index (Phi) is 8.35. The number of nitrogens with one attached hydrogen (secondary N) is 1. The zero-order valence-electron chi connectivity index (χ0n) is 15.4. The zero-order chi connectivity index (χ0) is 18.8. The summed E-state index contributed by atoms with van der Waals surface area (Å²) in [5.41, 5.74) is 5.73. The largest absolute Gasteiger partial charge is 0.372 e. The fourth-order valence-corrected chi connectivity index (χ4v) is 2.95. The predicted octanol–water partition coefficient (Wildman–Crippen LogP) is 4.77. The highest BCUT2D eigenvalue weighted by Crippen LogP contribution is 2.15. The Labute approximate surface area is 164 Å². The molecule has 138 valence electrons. The van der Waals surface area contributed by atoms with Crippen molar-refractivity contribution in [3.8, 4) is 0 Å². The third-order valence-electron chi connectivity index (χ3n) is 3.93. The standard InChI is InChI=1S/C21H26BrN3O/c1-3-13-25(14-4-2)20-11-7-18(8-12-20)16-23-24-21(26)15-17-5-9-19(22)10-6-17/h5-12,16H,3-4,13-15H2,1-2H3,(H,24,26). The van der Waals surface area contributed by atoms with Crippen molar-refractivity contribution in [2.24, 2.45) is 5.10 Å². The van der Waals surface area contributed by atoms with E-state index in [0.29, 0.717) is 6.42 Å². The number of nitrogens with zero attached hydrogens (tertiary/aromatic N) is 2. The van der Waals surface area contributed by atoms with Crippen LogP contribution in [0, 0.1) is 0 Å². The number of halogens is 1. The second kappa shape index (κ2) is 10.8. The quantitative estimate of drug-likeness (QED) is 0.473. The molecule has 4 nitrogen and oxygen atoms in total. The average Bonchev–Trinajstić information content (AvgIpc) is 2.64. The van der Waals surface area contributed by atoms with Gasteiger partial charge in [0.05, 0.1) is 12.6 Å². The number of hydrazone groups is 1. The van der Waals surface area contributed by atoms with Crippen LogP contribution in [0.15, 0.2) is 58.1 Å². The van der Waals surface area contributed by atoms with Crippen LogP contribution in [-0.4, -0.2) is 25.2 Å².